The zero-order chi connectivity index (χ0) is 26.6. The minimum Gasteiger partial charge on any atom is -0.444 e. The molecule has 0 aliphatic heterocycles. The van der Waals surface area contributed by atoms with Crippen molar-refractivity contribution in [1.29, 1.82) is 0 Å². The molecule has 36 heavy (non-hydrogen) atoms. The van der Waals surface area contributed by atoms with Crippen molar-refractivity contribution in [2.75, 3.05) is 30.8 Å². The molecule has 9 nitrogen and oxygen atoms in total. The molecule has 3 N–H and O–H groups in total. The summed E-state index contributed by atoms with van der Waals surface area (Å²) >= 11 is 0. The molecule has 1 aromatic carbocycles. The van der Waals surface area contributed by atoms with E-state index in [1.165, 1.54) is 4.90 Å². The van der Waals surface area contributed by atoms with Gasteiger partial charge in [0.1, 0.15) is 17.5 Å². The molecule has 1 unspecified atom stereocenters. The quantitative estimate of drug-likeness (QED) is 0.329. The van der Waals surface area contributed by atoms with Gasteiger partial charge >= 0.3 is 6.09 Å². The van der Waals surface area contributed by atoms with Crippen molar-refractivity contribution >= 4 is 29.5 Å². The molecule has 2 amide bonds. The van der Waals surface area contributed by atoms with Gasteiger partial charge in [0.15, 0.2) is 0 Å². The van der Waals surface area contributed by atoms with Gasteiger partial charge in [0.2, 0.25) is 11.9 Å². The number of carbonyl (C=O) groups is 2. The van der Waals surface area contributed by atoms with Gasteiger partial charge in [0.05, 0.1) is 11.8 Å². The third kappa shape index (κ3) is 9.82. The van der Waals surface area contributed by atoms with Crippen LogP contribution in [0.3, 0.4) is 0 Å². The fourth-order valence-corrected chi connectivity index (χ4v) is 2.92. The molecule has 1 atom stereocenters. The van der Waals surface area contributed by atoms with Gasteiger partial charge in [-0.05, 0) is 52.7 Å². The van der Waals surface area contributed by atoms with E-state index in [-0.39, 0.29) is 5.91 Å². The summed E-state index contributed by atoms with van der Waals surface area (Å²) in [6.45, 7) is 10.3. The van der Waals surface area contributed by atoms with Crippen LogP contribution in [0.2, 0.25) is 0 Å². The Balaban J connectivity index is 1.87. The molecule has 0 saturated heterocycles. The maximum atomic E-state index is 12.4. The van der Waals surface area contributed by atoms with Crippen molar-refractivity contribution in [2.24, 2.45) is 0 Å². The predicted octanol–water partition coefficient (Wildman–Crippen LogP) is 4.55. The number of nitrogens with zero attached hydrogens (tertiary/aromatic N) is 3. The smallest absolute Gasteiger partial charge is 0.410 e. The molecule has 0 fully saturated rings. The lowest BCUT2D eigenvalue weighted by molar-refractivity contribution is -0.125. The summed E-state index contributed by atoms with van der Waals surface area (Å²) < 4.78 is 5.31. The van der Waals surface area contributed by atoms with Crippen LogP contribution in [0.25, 0.3) is 0 Å². The monoisotopic (exact) mass is 494 g/mol. The highest BCUT2D eigenvalue weighted by atomic mass is 16.6. The van der Waals surface area contributed by atoms with Gasteiger partial charge in [-0.25, -0.2) is 9.78 Å². The fraction of sp³-hybridized carbons (Fsp3) is 0.481. The molecule has 0 saturated carbocycles. The van der Waals surface area contributed by atoms with Gasteiger partial charge < -0.3 is 20.7 Å². The first kappa shape index (κ1) is 28.4. The molecule has 2 aromatic rings. The summed E-state index contributed by atoms with van der Waals surface area (Å²) in [6, 6.07) is 9.10. The largest absolute Gasteiger partial charge is 0.444 e. The molecule has 9 heteroatoms. The molecular weight excluding hydrogens is 456 g/mol. The normalized spacial score (nSPS) is 11.5. The number of para-hydroxylation sites is 1. The Hall–Kier alpha value is -3.80. The maximum Gasteiger partial charge on any atom is 0.410 e. The standard InChI is InChI=1S/C27H38N6O3/c1-7-17-28-23-21(19-30-25(32-23)31-22-15-11-8-12-16-22)14-10-9-13-18-29-24(34)20(2)33(6)26(35)36-27(3,4)5/h8,11-12,15-16,19-20H,7,9,13,17-18H2,1-6H3,(H,29,34)(H2,28,30,31,32). The van der Waals surface area contributed by atoms with E-state index in [1.807, 2.05) is 30.3 Å². The average molecular weight is 495 g/mol. The summed E-state index contributed by atoms with van der Waals surface area (Å²) in [4.78, 5) is 34.8. The van der Waals surface area contributed by atoms with Crippen LogP contribution in [0.5, 0.6) is 0 Å². The first-order chi connectivity index (χ1) is 17.1. The summed E-state index contributed by atoms with van der Waals surface area (Å²) in [6.07, 6.45) is 3.40. The number of nitrogens with one attached hydrogen (secondary N) is 3. The van der Waals surface area contributed by atoms with E-state index >= 15 is 0 Å². The van der Waals surface area contributed by atoms with Crippen LogP contribution in [0.1, 0.15) is 59.4 Å². The minimum absolute atomic E-state index is 0.239. The molecule has 0 bridgehead atoms. The number of unbranched alkanes of at least 4 members (excludes halogenated alkanes) is 1. The van der Waals surface area contributed by atoms with Crippen molar-refractivity contribution in [1.82, 2.24) is 20.2 Å². The SMILES string of the molecule is CCCNc1nc(Nc2ccccc2)ncc1C#CCCCNC(=O)C(C)N(C)C(=O)OC(C)(C)C. The first-order valence-corrected chi connectivity index (χ1v) is 12.3. The van der Waals surface area contributed by atoms with Gasteiger partial charge in [-0.1, -0.05) is 37.0 Å². The molecule has 0 aliphatic carbocycles. The molecule has 1 aromatic heterocycles. The Labute approximate surface area is 214 Å². The summed E-state index contributed by atoms with van der Waals surface area (Å²) in [5.74, 6) is 7.21. The van der Waals surface area contributed by atoms with E-state index in [1.54, 1.807) is 40.9 Å². The number of benzene rings is 1. The highest BCUT2D eigenvalue weighted by Gasteiger charge is 2.26. The van der Waals surface area contributed by atoms with Gasteiger partial charge in [-0.15, -0.1) is 0 Å². The second-order valence-corrected chi connectivity index (χ2v) is 9.34. The molecular formula is C27H38N6O3. The van der Waals surface area contributed by atoms with E-state index in [0.717, 1.165) is 24.2 Å². The van der Waals surface area contributed by atoms with Crippen LogP contribution in [-0.2, 0) is 9.53 Å². The summed E-state index contributed by atoms with van der Waals surface area (Å²) in [5.41, 5.74) is 1.01. The number of aromatic nitrogens is 2. The van der Waals surface area contributed by atoms with Crippen molar-refractivity contribution in [2.45, 2.75) is 65.5 Å². The number of hydrogen-bond donors (Lipinski definition) is 3. The second-order valence-electron chi connectivity index (χ2n) is 9.34. The Kier molecular flexibility index (Phi) is 11.0. The van der Waals surface area contributed by atoms with Crippen LogP contribution >= 0.6 is 0 Å². The lowest BCUT2D eigenvalue weighted by atomic mass is 10.2. The molecule has 0 aliphatic rings. The maximum absolute atomic E-state index is 12.4. The van der Waals surface area contributed by atoms with E-state index in [4.69, 9.17) is 4.74 Å². The number of ether oxygens (including phenoxy) is 1. The molecule has 1 heterocycles. The zero-order valence-corrected chi connectivity index (χ0v) is 22.1. The third-order valence-electron chi connectivity index (χ3n) is 5.00. The van der Waals surface area contributed by atoms with Crippen molar-refractivity contribution in [3.8, 4) is 11.8 Å². The Morgan fingerprint density at radius 2 is 1.89 bits per heavy atom. The van der Waals surface area contributed by atoms with Crippen LogP contribution in [-0.4, -0.2) is 58.6 Å². The number of anilines is 3. The van der Waals surface area contributed by atoms with Crippen molar-refractivity contribution in [3.05, 3.63) is 42.1 Å². The van der Waals surface area contributed by atoms with Crippen LogP contribution in [0.15, 0.2) is 36.5 Å². The van der Waals surface area contributed by atoms with E-state index in [0.29, 0.717) is 31.2 Å². The van der Waals surface area contributed by atoms with Gasteiger partial charge in [-0.3, -0.25) is 9.69 Å². The molecule has 0 spiro atoms. The van der Waals surface area contributed by atoms with E-state index in [2.05, 4.69) is 44.7 Å². The van der Waals surface area contributed by atoms with Crippen molar-refractivity contribution in [3.63, 3.8) is 0 Å². The number of hydrogen-bond acceptors (Lipinski definition) is 7. The number of likely N-dealkylation sites (N-methyl/N-ethyl adjacent to an activating group) is 1. The zero-order valence-electron chi connectivity index (χ0n) is 22.1. The lowest BCUT2D eigenvalue weighted by Crippen LogP contribution is -2.47. The number of rotatable bonds is 10. The molecule has 2 rings (SSSR count). The summed E-state index contributed by atoms with van der Waals surface area (Å²) in [7, 11) is 1.55. The van der Waals surface area contributed by atoms with Crippen LogP contribution in [0.4, 0.5) is 22.2 Å². The minimum atomic E-state index is -0.640. The first-order valence-electron chi connectivity index (χ1n) is 12.3. The highest BCUT2D eigenvalue weighted by molar-refractivity contribution is 5.85. The van der Waals surface area contributed by atoms with Gasteiger partial charge in [0, 0.05) is 32.2 Å². The average Bonchev–Trinajstić information content (AvgIpc) is 2.84. The molecule has 0 radical (unpaired) electrons. The van der Waals surface area contributed by atoms with Crippen LogP contribution in [0, 0.1) is 11.8 Å². The van der Waals surface area contributed by atoms with Crippen LogP contribution < -0.4 is 16.0 Å². The third-order valence-corrected chi connectivity index (χ3v) is 5.00. The number of amides is 2. The Morgan fingerprint density at radius 3 is 2.56 bits per heavy atom. The van der Waals surface area contributed by atoms with Gasteiger partial charge in [-0.2, -0.15) is 4.98 Å². The molecule has 194 valence electrons. The lowest BCUT2D eigenvalue weighted by Gasteiger charge is -2.28. The Morgan fingerprint density at radius 1 is 1.17 bits per heavy atom. The van der Waals surface area contributed by atoms with Gasteiger partial charge in [0.25, 0.3) is 0 Å². The van der Waals surface area contributed by atoms with E-state index < -0.39 is 17.7 Å². The van der Waals surface area contributed by atoms with Crippen molar-refractivity contribution < 1.29 is 14.3 Å². The Bertz CT molecular complexity index is 1060. The number of carbonyl (C=O) groups excluding carboxylic acids is 2. The second kappa shape index (κ2) is 13.9. The topological polar surface area (TPSA) is 108 Å². The highest BCUT2D eigenvalue weighted by Crippen LogP contribution is 2.17. The summed E-state index contributed by atoms with van der Waals surface area (Å²) in [5, 5.41) is 9.35. The predicted molar refractivity (Wildman–Crippen MR) is 143 cm³/mol. The van der Waals surface area contributed by atoms with E-state index in [9.17, 15) is 9.59 Å². The fourth-order valence-electron chi connectivity index (χ4n) is 2.92.